The first-order chi connectivity index (χ1) is 9.56. The molecule has 3 rings (SSSR count). The van der Waals surface area contributed by atoms with Gasteiger partial charge in [0.25, 0.3) is 0 Å². The molecule has 7 heteroatoms. The fourth-order valence-corrected chi connectivity index (χ4v) is 3.08. The Hall–Kier alpha value is -1.47. The summed E-state index contributed by atoms with van der Waals surface area (Å²) < 4.78 is 29.2. The van der Waals surface area contributed by atoms with E-state index in [1.807, 2.05) is 22.9 Å². The van der Waals surface area contributed by atoms with Crippen LogP contribution in [0, 0.1) is 18.6 Å². The lowest BCUT2D eigenvalue weighted by Crippen LogP contribution is -2.05. The number of halogens is 3. The number of fused-ring (bicyclic) bond motifs is 1. The van der Waals surface area contributed by atoms with Gasteiger partial charge in [0.1, 0.15) is 11.6 Å². The summed E-state index contributed by atoms with van der Waals surface area (Å²) >= 11 is 4.49. The number of nitrogens with one attached hydrogen (secondary N) is 1. The zero-order chi connectivity index (χ0) is 14.3. The largest absolute Gasteiger partial charge is 0.377 e. The second kappa shape index (κ2) is 5.14. The van der Waals surface area contributed by atoms with E-state index < -0.39 is 11.6 Å². The Morgan fingerprint density at radius 1 is 1.35 bits per heavy atom. The van der Waals surface area contributed by atoms with Gasteiger partial charge in [-0.15, -0.1) is 11.3 Å². The number of aromatic nitrogens is 2. The molecule has 0 aliphatic carbocycles. The summed E-state index contributed by atoms with van der Waals surface area (Å²) in [6, 6.07) is 2.25. The summed E-state index contributed by atoms with van der Waals surface area (Å²) in [4.78, 5) is 5.30. The highest BCUT2D eigenvalue weighted by atomic mass is 79.9. The maximum atomic E-state index is 13.7. The maximum Gasteiger partial charge on any atom is 0.194 e. The third-order valence-corrected chi connectivity index (χ3v) is 4.38. The van der Waals surface area contributed by atoms with E-state index in [2.05, 4.69) is 26.2 Å². The number of benzene rings is 1. The van der Waals surface area contributed by atoms with Crippen molar-refractivity contribution in [2.75, 3.05) is 5.32 Å². The topological polar surface area (TPSA) is 29.3 Å². The second-order valence-corrected chi connectivity index (χ2v) is 6.03. The maximum absolute atomic E-state index is 13.7. The van der Waals surface area contributed by atoms with Crippen molar-refractivity contribution in [2.24, 2.45) is 0 Å². The number of hydrogen-bond acceptors (Lipinski definition) is 3. The molecule has 0 spiro atoms. The zero-order valence-electron chi connectivity index (χ0n) is 10.5. The van der Waals surface area contributed by atoms with Crippen molar-refractivity contribution in [3.8, 4) is 0 Å². The Morgan fingerprint density at radius 3 is 2.95 bits per heavy atom. The van der Waals surface area contributed by atoms with Crippen LogP contribution in [0.4, 0.5) is 14.5 Å². The SMILES string of the molecule is Cc1nc2sccn2c1CNc1cc(F)c(Br)cc1F. The van der Waals surface area contributed by atoms with Gasteiger partial charge in [-0.05, 0) is 28.9 Å². The first kappa shape index (κ1) is 13.5. The van der Waals surface area contributed by atoms with Gasteiger partial charge in [0.2, 0.25) is 0 Å². The first-order valence-corrected chi connectivity index (χ1v) is 7.53. The van der Waals surface area contributed by atoms with Crippen LogP contribution in [0.3, 0.4) is 0 Å². The molecule has 2 aromatic heterocycles. The van der Waals surface area contributed by atoms with Gasteiger partial charge >= 0.3 is 0 Å². The van der Waals surface area contributed by atoms with E-state index in [1.54, 1.807) is 0 Å². The molecule has 0 aliphatic rings. The molecule has 1 aromatic carbocycles. The minimum Gasteiger partial charge on any atom is -0.377 e. The van der Waals surface area contributed by atoms with E-state index in [4.69, 9.17) is 0 Å². The Labute approximate surface area is 126 Å². The summed E-state index contributed by atoms with van der Waals surface area (Å²) in [5.74, 6) is -0.999. The molecular weight excluding hydrogens is 348 g/mol. The lowest BCUT2D eigenvalue weighted by atomic mass is 10.2. The molecule has 0 saturated carbocycles. The fraction of sp³-hybridized carbons (Fsp3) is 0.154. The van der Waals surface area contributed by atoms with Gasteiger partial charge in [-0.25, -0.2) is 13.8 Å². The van der Waals surface area contributed by atoms with Gasteiger partial charge in [-0.1, -0.05) is 0 Å². The number of anilines is 1. The van der Waals surface area contributed by atoms with Crippen LogP contribution in [0.1, 0.15) is 11.4 Å². The molecule has 104 valence electrons. The van der Waals surface area contributed by atoms with Crippen molar-refractivity contribution >= 4 is 37.9 Å². The highest BCUT2D eigenvalue weighted by Gasteiger charge is 2.12. The third kappa shape index (κ3) is 2.31. The minimum atomic E-state index is -0.500. The molecule has 3 aromatic rings. The second-order valence-electron chi connectivity index (χ2n) is 4.30. The van der Waals surface area contributed by atoms with Crippen LogP contribution in [0.5, 0.6) is 0 Å². The van der Waals surface area contributed by atoms with E-state index in [9.17, 15) is 8.78 Å². The van der Waals surface area contributed by atoms with Gasteiger partial charge < -0.3 is 5.32 Å². The highest BCUT2D eigenvalue weighted by molar-refractivity contribution is 9.10. The first-order valence-electron chi connectivity index (χ1n) is 5.85. The number of thiazole rings is 1. The van der Waals surface area contributed by atoms with Crippen LogP contribution in [-0.2, 0) is 6.54 Å². The van der Waals surface area contributed by atoms with E-state index in [0.717, 1.165) is 28.5 Å². The molecule has 3 nitrogen and oxygen atoms in total. The molecule has 0 radical (unpaired) electrons. The standard InChI is InChI=1S/C13H10BrF2N3S/c1-7-12(19-2-3-20-13(19)18-7)6-17-11-5-9(15)8(14)4-10(11)16/h2-5,17H,6H2,1H3. The molecule has 0 fully saturated rings. The third-order valence-electron chi connectivity index (χ3n) is 3.02. The van der Waals surface area contributed by atoms with Crippen LogP contribution in [0.25, 0.3) is 4.96 Å². The quantitative estimate of drug-likeness (QED) is 0.705. The van der Waals surface area contributed by atoms with Crippen molar-refractivity contribution in [3.63, 3.8) is 0 Å². The Kier molecular flexibility index (Phi) is 3.47. The van der Waals surface area contributed by atoms with Gasteiger partial charge in [0, 0.05) is 17.6 Å². The Morgan fingerprint density at radius 2 is 2.15 bits per heavy atom. The van der Waals surface area contributed by atoms with Crippen LogP contribution >= 0.6 is 27.3 Å². The monoisotopic (exact) mass is 357 g/mol. The number of aryl methyl sites for hydroxylation is 1. The van der Waals surface area contributed by atoms with Crippen LogP contribution in [0.2, 0.25) is 0 Å². The predicted molar refractivity (Wildman–Crippen MR) is 79.2 cm³/mol. The molecule has 0 amide bonds. The van der Waals surface area contributed by atoms with Crippen molar-refractivity contribution in [3.05, 3.63) is 51.2 Å². The molecule has 0 aliphatic heterocycles. The van der Waals surface area contributed by atoms with Crippen LogP contribution < -0.4 is 5.32 Å². The van der Waals surface area contributed by atoms with Gasteiger partial charge in [-0.3, -0.25) is 4.40 Å². The highest BCUT2D eigenvalue weighted by Crippen LogP contribution is 2.24. The van der Waals surface area contributed by atoms with Gasteiger partial charge in [-0.2, -0.15) is 0 Å². The summed E-state index contributed by atoms with van der Waals surface area (Å²) in [6.45, 7) is 2.27. The summed E-state index contributed by atoms with van der Waals surface area (Å²) in [5.41, 5.74) is 1.95. The smallest absolute Gasteiger partial charge is 0.194 e. The summed E-state index contributed by atoms with van der Waals surface area (Å²) in [6.07, 6.45) is 1.91. The van der Waals surface area contributed by atoms with E-state index in [1.165, 1.54) is 11.3 Å². The molecule has 0 saturated heterocycles. The van der Waals surface area contributed by atoms with Crippen molar-refractivity contribution in [1.29, 1.82) is 0 Å². The van der Waals surface area contributed by atoms with Gasteiger partial charge in [0.15, 0.2) is 4.96 Å². The fourth-order valence-electron chi connectivity index (χ4n) is 1.99. The molecule has 2 heterocycles. The molecule has 0 bridgehead atoms. The van der Waals surface area contributed by atoms with Crippen LogP contribution in [0.15, 0.2) is 28.2 Å². The minimum absolute atomic E-state index is 0.112. The number of nitrogens with zero attached hydrogens (tertiary/aromatic N) is 2. The molecule has 20 heavy (non-hydrogen) atoms. The van der Waals surface area contributed by atoms with E-state index in [-0.39, 0.29) is 10.2 Å². The molecule has 1 N–H and O–H groups in total. The summed E-state index contributed by atoms with van der Waals surface area (Å²) in [5, 5.41) is 4.85. The lowest BCUT2D eigenvalue weighted by molar-refractivity contribution is 0.596. The number of rotatable bonds is 3. The molecular formula is C13H10BrF2N3S. The normalized spacial score (nSPS) is 11.2. The van der Waals surface area contributed by atoms with Crippen molar-refractivity contribution in [2.45, 2.75) is 13.5 Å². The molecule has 0 unspecified atom stereocenters. The predicted octanol–water partition coefficient (Wildman–Crippen LogP) is 4.36. The van der Waals surface area contributed by atoms with Gasteiger partial charge in [0.05, 0.1) is 28.1 Å². The Bertz CT molecular complexity index is 781. The zero-order valence-corrected chi connectivity index (χ0v) is 12.9. The summed E-state index contributed by atoms with van der Waals surface area (Å²) in [7, 11) is 0. The average Bonchev–Trinajstić information content (AvgIpc) is 2.93. The average molecular weight is 358 g/mol. The lowest BCUT2D eigenvalue weighted by Gasteiger charge is -2.08. The number of imidazole rings is 1. The number of hydrogen-bond donors (Lipinski definition) is 1. The van der Waals surface area contributed by atoms with Crippen molar-refractivity contribution < 1.29 is 8.78 Å². The van der Waals surface area contributed by atoms with E-state index >= 15 is 0 Å². The van der Waals surface area contributed by atoms with E-state index in [0.29, 0.717) is 6.54 Å². The molecule has 0 atom stereocenters. The van der Waals surface area contributed by atoms with Crippen LogP contribution in [-0.4, -0.2) is 9.38 Å². The Balaban J connectivity index is 1.88. The van der Waals surface area contributed by atoms with Crippen molar-refractivity contribution in [1.82, 2.24) is 9.38 Å².